The van der Waals surface area contributed by atoms with Crippen molar-refractivity contribution in [3.05, 3.63) is 36.4 Å². The second kappa shape index (κ2) is 11.4. The molecule has 1 aromatic heterocycles. The van der Waals surface area contributed by atoms with Crippen LogP contribution in [0.15, 0.2) is 36.4 Å². The standard InChI is InChI=1S/C26H37N7OS/c1-20-7-5-11-33(19-20)24-17-23(32-14-12-31(13-15-32)21-8-3-2-4-9-21)28-25(29-24)30-26(35)27-18-22-10-6-16-34-22/h2-4,8-9,17,20,22H,5-7,10-16,18-19H2,1H3,(H2,27,28,29,30,35)/t20-,22-/m0/s1. The second-order valence-electron chi connectivity index (χ2n) is 9.88. The molecule has 0 spiro atoms. The van der Waals surface area contributed by atoms with Gasteiger partial charge in [-0.3, -0.25) is 0 Å². The highest BCUT2D eigenvalue weighted by molar-refractivity contribution is 7.80. The number of piperidine rings is 1. The Kier molecular flexibility index (Phi) is 7.83. The van der Waals surface area contributed by atoms with Crippen molar-refractivity contribution < 1.29 is 4.74 Å². The van der Waals surface area contributed by atoms with Gasteiger partial charge in [0, 0.05) is 64.2 Å². The van der Waals surface area contributed by atoms with E-state index in [0.717, 1.165) is 70.4 Å². The number of anilines is 4. The summed E-state index contributed by atoms with van der Waals surface area (Å²) in [4.78, 5) is 17.0. The van der Waals surface area contributed by atoms with Gasteiger partial charge < -0.3 is 30.1 Å². The van der Waals surface area contributed by atoms with Gasteiger partial charge in [-0.15, -0.1) is 0 Å². The molecular weight excluding hydrogens is 458 g/mol. The highest BCUT2D eigenvalue weighted by Crippen LogP contribution is 2.27. The molecule has 2 atom stereocenters. The lowest BCUT2D eigenvalue weighted by molar-refractivity contribution is 0.114. The van der Waals surface area contributed by atoms with Gasteiger partial charge in [-0.2, -0.15) is 9.97 Å². The topological polar surface area (TPSA) is 68.8 Å². The van der Waals surface area contributed by atoms with E-state index in [-0.39, 0.29) is 6.10 Å². The van der Waals surface area contributed by atoms with E-state index in [9.17, 15) is 0 Å². The summed E-state index contributed by atoms with van der Waals surface area (Å²) < 4.78 is 5.70. The Morgan fingerprint density at radius 1 is 0.971 bits per heavy atom. The summed E-state index contributed by atoms with van der Waals surface area (Å²) in [6.07, 6.45) is 4.90. The van der Waals surface area contributed by atoms with Crippen LogP contribution in [0, 0.1) is 5.92 Å². The minimum absolute atomic E-state index is 0.230. The number of para-hydroxylation sites is 1. The van der Waals surface area contributed by atoms with E-state index in [1.807, 2.05) is 0 Å². The zero-order chi connectivity index (χ0) is 24.0. The van der Waals surface area contributed by atoms with E-state index in [2.05, 4.69) is 68.7 Å². The zero-order valence-corrected chi connectivity index (χ0v) is 21.5. The van der Waals surface area contributed by atoms with Gasteiger partial charge in [0.05, 0.1) is 6.10 Å². The molecule has 0 amide bonds. The van der Waals surface area contributed by atoms with Gasteiger partial charge in [-0.25, -0.2) is 0 Å². The Balaban J connectivity index is 1.29. The van der Waals surface area contributed by atoms with Gasteiger partial charge in [-0.05, 0) is 56.0 Å². The second-order valence-corrected chi connectivity index (χ2v) is 10.3. The molecule has 3 fully saturated rings. The molecule has 3 saturated heterocycles. The Morgan fingerprint density at radius 3 is 2.43 bits per heavy atom. The summed E-state index contributed by atoms with van der Waals surface area (Å²) in [6, 6.07) is 12.8. The van der Waals surface area contributed by atoms with E-state index in [1.165, 1.54) is 18.5 Å². The van der Waals surface area contributed by atoms with Crippen molar-refractivity contribution in [3.63, 3.8) is 0 Å². The number of benzene rings is 1. The molecule has 0 aliphatic carbocycles. The van der Waals surface area contributed by atoms with E-state index >= 15 is 0 Å². The fraction of sp³-hybridized carbons (Fsp3) is 0.577. The van der Waals surface area contributed by atoms with Crippen LogP contribution in [0.3, 0.4) is 0 Å². The SMILES string of the molecule is C[C@H]1CCCN(c2cc(N3CCN(c4ccccc4)CC3)nc(NC(=S)NC[C@@H]3CCCO3)n2)C1. The first-order valence-electron chi connectivity index (χ1n) is 13.0. The van der Waals surface area contributed by atoms with Crippen molar-refractivity contribution in [2.75, 3.05) is 72.4 Å². The monoisotopic (exact) mass is 495 g/mol. The first-order valence-corrected chi connectivity index (χ1v) is 13.4. The molecule has 0 radical (unpaired) electrons. The molecule has 4 heterocycles. The van der Waals surface area contributed by atoms with E-state index in [0.29, 0.717) is 23.5 Å². The number of piperazine rings is 1. The Hall–Kier alpha value is -2.65. The summed E-state index contributed by atoms with van der Waals surface area (Å²) in [5, 5.41) is 7.08. The average molecular weight is 496 g/mol. The molecule has 0 bridgehead atoms. The Bertz CT molecular complexity index is 977. The maximum atomic E-state index is 5.70. The number of hydrogen-bond acceptors (Lipinski definition) is 7. The Labute approximate surface area is 214 Å². The van der Waals surface area contributed by atoms with Crippen LogP contribution in [0.4, 0.5) is 23.3 Å². The predicted molar refractivity (Wildman–Crippen MR) is 147 cm³/mol. The predicted octanol–water partition coefficient (Wildman–Crippen LogP) is 3.50. The van der Waals surface area contributed by atoms with Crippen LogP contribution < -0.4 is 25.3 Å². The van der Waals surface area contributed by atoms with Crippen molar-refractivity contribution in [2.24, 2.45) is 5.92 Å². The summed E-state index contributed by atoms with van der Waals surface area (Å²) >= 11 is 5.57. The normalized spacial score (nSPS) is 22.8. The summed E-state index contributed by atoms with van der Waals surface area (Å²) in [5.74, 6) is 3.18. The van der Waals surface area contributed by atoms with Crippen molar-refractivity contribution in [1.82, 2.24) is 15.3 Å². The van der Waals surface area contributed by atoms with Crippen LogP contribution in [-0.4, -0.2) is 73.6 Å². The molecule has 0 unspecified atom stereocenters. The molecule has 9 heteroatoms. The van der Waals surface area contributed by atoms with Crippen LogP contribution >= 0.6 is 12.2 Å². The number of aromatic nitrogens is 2. The number of thiocarbonyl (C=S) groups is 1. The molecule has 1 aromatic carbocycles. The zero-order valence-electron chi connectivity index (χ0n) is 20.7. The highest BCUT2D eigenvalue weighted by atomic mass is 32.1. The molecule has 3 aliphatic rings. The van der Waals surface area contributed by atoms with E-state index < -0.39 is 0 Å². The van der Waals surface area contributed by atoms with Gasteiger partial charge in [0.25, 0.3) is 0 Å². The van der Waals surface area contributed by atoms with Gasteiger partial charge in [0.15, 0.2) is 5.11 Å². The minimum atomic E-state index is 0.230. The number of ether oxygens (including phenoxy) is 1. The third kappa shape index (κ3) is 6.32. The third-order valence-electron chi connectivity index (χ3n) is 7.14. The van der Waals surface area contributed by atoms with Crippen LogP contribution in [-0.2, 0) is 4.74 Å². The Morgan fingerprint density at radius 2 is 1.71 bits per heavy atom. The van der Waals surface area contributed by atoms with Gasteiger partial charge in [-0.1, -0.05) is 25.1 Å². The smallest absolute Gasteiger partial charge is 0.232 e. The maximum absolute atomic E-state index is 5.70. The summed E-state index contributed by atoms with van der Waals surface area (Å²) in [7, 11) is 0. The van der Waals surface area contributed by atoms with Crippen LogP contribution in [0.2, 0.25) is 0 Å². The third-order valence-corrected chi connectivity index (χ3v) is 7.39. The van der Waals surface area contributed by atoms with E-state index in [4.69, 9.17) is 26.9 Å². The fourth-order valence-corrected chi connectivity index (χ4v) is 5.36. The van der Waals surface area contributed by atoms with Crippen molar-refractivity contribution in [1.29, 1.82) is 0 Å². The maximum Gasteiger partial charge on any atom is 0.232 e. The van der Waals surface area contributed by atoms with Gasteiger partial charge in [0.2, 0.25) is 5.95 Å². The van der Waals surface area contributed by atoms with Gasteiger partial charge in [0.1, 0.15) is 11.6 Å². The van der Waals surface area contributed by atoms with Crippen molar-refractivity contribution >= 4 is 40.6 Å². The molecule has 0 saturated carbocycles. The number of nitrogens with zero attached hydrogens (tertiary/aromatic N) is 5. The number of nitrogens with one attached hydrogen (secondary N) is 2. The molecule has 8 nitrogen and oxygen atoms in total. The fourth-order valence-electron chi connectivity index (χ4n) is 5.19. The lowest BCUT2D eigenvalue weighted by Crippen LogP contribution is -2.47. The quantitative estimate of drug-likeness (QED) is 0.586. The number of hydrogen-bond donors (Lipinski definition) is 2. The van der Waals surface area contributed by atoms with Crippen LogP contribution in [0.5, 0.6) is 0 Å². The van der Waals surface area contributed by atoms with Crippen molar-refractivity contribution in [3.8, 4) is 0 Å². The van der Waals surface area contributed by atoms with Crippen molar-refractivity contribution in [2.45, 2.75) is 38.7 Å². The number of rotatable bonds is 6. The largest absolute Gasteiger partial charge is 0.376 e. The van der Waals surface area contributed by atoms with Crippen LogP contribution in [0.1, 0.15) is 32.6 Å². The van der Waals surface area contributed by atoms with E-state index in [1.54, 1.807) is 0 Å². The first-order chi connectivity index (χ1) is 17.1. The molecule has 2 N–H and O–H groups in total. The molecule has 188 valence electrons. The molecule has 2 aromatic rings. The lowest BCUT2D eigenvalue weighted by atomic mass is 10.0. The molecule has 35 heavy (non-hydrogen) atoms. The lowest BCUT2D eigenvalue weighted by Gasteiger charge is -2.37. The minimum Gasteiger partial charge on any atom is -0.376 e. The molecule has 5 rings (SSSR count). The average Bonchev–Trinajstić information content (AvgIpc) is 3.42. The first kappa shape index (κ1) is 24.1. The molecular formula is C26H37N7OS. The summed E-state index contributed by atoms with van der Waals surface area (Å²) in [5.41, 5.74) is 1.28. The van der Waals surface area contributed by atoms with Gasteiger partial charge >= 0.3 is 0 Å². The summed E-state index contributed by atoms with van der Waals surface area (Å²) in [6.45, 7) is 9.70. The van der Waals surface area contributed by atoms with Crippen LogP contribution in [0.25, 0.3) is 0 Å². The molecule has 3 aliphatic heterocycles. The highest BCUT2D eigenvalue weighted by Gasteiger charge is 2.23.